The molecule has 2 aromatic carbocycles. The fraction of sp³-hybridized carbons (Fsp3) is 0.263. The highest BCUT2D eigenvalue weighted by atomic mass is 32.2. The average molecular weight is 338 g/mol. The van der Waals surface area contributed by atoms with E-state index in [0.717, 1.165) is 17.7 Å². The van der Waals surface area contributed by atoms with Gasteiger partial charge in [-0.3, -0.25) is 4.79 Å². The van der Waals surface area contributed by atoms with Crippen LogP contribution in [0.3, 0.4) is 0 Å². The Balaban J connectivity index is 1.59. The van der Waals surface area contributed by atoms with Crippen LogP contribution in [0.4, 0.5) is 5.69 Å². The molecule has 1 saturated heterocycles. The molecule has 1 heterocycles. The number of hydrogen-bond acceptors (Lipinski definition) is 4. The van der Waals surface area contributed by atoms with E-state index in [1.54, 1.807) is 17.0 Å². The van der Waals surface area contributed by atoms with Crippen LogP contribution in [0, 0.1) is 11.3 Å². The lowest BCUT2D eigenvalue weighted by molar-refractivity contribution is -0.116. The highest BCUT2D eigenvalue weighted by molar-refractivity contribution is 8.00. The molecule has 1 N–H and O–H groups in total. The van der Waals surface area contributed by atoms with Gasteiger partial charge in [-0.1, -0.05) is 30.3 Å². The minimum atomic E-state index is -0.562. The Labute approximate surface area is 145 Å². The molecule has 3 rings (SSSR count). The Hall–Kier alpha value is -2.29. The summed E-state index contributed by atoms with van der Waals surface area (Å²) in [6.07, 6.45) is 0.207. The van der Waals surface area contributed by atoms with E-state index >= 15 is 0 Å². The number of thioether (sulfide) groups is 1. The first-order chi connectivity index (χ1) is 11.7. The van der Waals surface area contributed by atoms with Crippen LogP contribution in [-0.4, -0.2) is 28.6 Å². The van der Waals surface area contributed by atoms with Gasteiger partial charge < -0.3 is 10.0 Å². The number of nitrogens with zero attached hydrogens (tertiary/aromatic N) is 2. The number of hydrogen-bond donors (Lipinski definition) is 1. The van der Waals surface area contributed by atoms with Gasteiger partial charge in [-0.05, 0) is 36.2 Å². The smallest absolute Gasteiger partial charge is 0.240 e. The number of rotatable bonds is 5. The molecular weight excluding hydrogens is 320 g/mol. The van der Waals surface area contributed by atoms with Gasteiger partial charge in [-0.15, -0.1) is 11.8 Å². The minimum absolute atomic E-state index is 0.0740. The van der Waals surface area contributed by atoms with Crippen LogP contribution < -0.4 is 4.90 Å². The largest absolute Gasteiger partial charge is 0.388 e. The first-order valence-corrected chi connectivity index (χ1v) is 8.90. The Kier molecular flexibility index (Phi) is 5.19. The topological polar surface area (TPSA) is 64.3 Å². The van der Waals surface area contributed by atoms with Crippen molar-refractivity contribution >= 4 is 23.4 Å². The number of amides is 1. The van der Waals surface area contributed by atoms with Crippen molar-refractivity contribution in [3.05, 3.63) is 65.7 Å². The summed E-state index contributed by atoms with van der Waals surface area (Å²) in [5, 5.41) is 19.0. The van der Waals surface area contributed by atoms with Crippen LogP contribution >= 0.6 is 11.8 Å². The van der Waals surface area contributed by atoms with Crippen molar-refractivity contribution in [1.29, 1.82) is 5.26 Å². The van der Waals surface area contributed by atoms with Gasteiger partial charge in [0.25, 0.3) is 0 Å². The van der Waals surface area contributed by atoms with E-state index in [0.29, 0.717) is 17.9 Å². The van der Waals surface area contributed by atoms with Gasteiger partial charge in [-0.25, -0.2) is 0 Å². The third kappa shape index (κ3) is 3.61. The summed E-state index contributed by atoms with van der Waals surface area (Å²) in [4.78, 5) is 14.3. The molecular formula is C19H18N2O2S. The molecule has 122 valence electrons. The first-order valence-electron chi connectivity index (χ1n) is 7.85. The summed E-state index contributed by atoms with van der Waals surface area (Å²) in [5.41, 5.74) is 2.28. The fourth-order valence-electron chi connectivity index (χ4n) is 2.76. The molecule has 2 aromatic rings. The van der Waals surface area contributed by atoms with Gasteiger partial charge >= 0.3 is 0 Å². The number of nitriles is 1. The Morgan fingerprint density at radius 3 is 2.58 bits per heavy atom. The molecule has 24 heavy (non-hydrogen) atoms. The van der Waals surface area contributed by atoms with E-state index in [1.807, 2.05) is 42.5 Å². The van der Waals surface area contributed by atoms with Crippen LogP contribution in [-0.2, 0) is 4.79 Å². The van der Waals surface area contributed by atoms with E-state index < -0.39 is 6.10 Å². The molecule has 5 heteroatoms. The Bertz CT molecular complexity index is 740. The molecule has 1 aliphatic heterocycles. The number of carbonyl (C=O) groups excluding carboxylic acids is 1. The molecule has 0 aliphatic carbocycles. The average Bonchev–Trinajstić information content (AvgIpc) is 3.01. The van der Waals surface area contributed by atoms with Crippen LogP contribution in [0.1, 0.15) is 23.7 Å². The van der Waals surface area contributed by atoms with E-state index in [-0.39, 0.29) is 11.2 Å². The number of carbonyl (C=O) groups is 1. The molecule has 4 nitrogen and oxygen atoms in total. The van der Waals surface area contributed by atoms with E-state index in [4.69, 9.17) is 5.26 Å². The maximum Gasteiger partial charge on any atom is 0.240 e. The molecule has 0 saturated carbocycles. The number of anilines is 1. The van der Waals surface area contributed by atoms with Crippen LogP contribution in [0.2, 0.25) is 0 Å². The van der Waals surface area contributed by atoms with Crippen molar-refractivity contribution < 1.29 is 9.90 Å². The first kappa shape index (κ1) is 16.6. The zero-order chi connectivity index (χ0) is 16.9. The van der Waals surface area contributed by atoms with Crippen molar-refractivity contribution in [3.8, 4) is 6.07 Å². The molecule has 0 aromatic heterocycles. The number of aliphatic hydroxyl groups is 1. The Morgan fingerprint density at radius 1 is 1.21 bits per heavy atom. The molecule has 0 radical (unpaired) electrons. The maximum atomic E-state index is 12.6. The Morgan fingerprint density at radius 2 is 1.92 bits per heavy atom. The second-order valence-electron chi connectivity index (χ2n) is 5.69. The number of aliphatic hydroxyl groups excluding tert-OH is 1. The predicted octanol–water partition coefficient (Wildman–Crippen LogP) is 3.13. The lowest BCUT2D eigenvalue weighted by Gasteiger charge is -2.17. The maximum absolute atomic E-state index is 12.6. The molecule has 1 amide bonds. The van der Waals surface area contributed by atoms with E-state index in [2.05, 4.69) is 6.07 Å². The molecule has 0 spiro atoms. The summed E-state index contributed by atoms with van der Waals surface area (Å²) in [6.45, 7) is 0.670. The van der Waals surface area contributed by atoms with Gasteiger partial charge in [-0.2, -0.15) is 5.26 Å². The predicted molar refractivity (Wildman–Crippen MR) is 95.8 cm³/mol. The third-order valence-corrected chi connectivity index (χ3v) is 5.45. The van der Waals surface area contributed by atoms with E-state index in [9.17, 15) is 9.90 Å². The quantitative estimate of drug-likeness (QED) is 0.910. The summed E-state index contributed by atoms with van der Waals surface area (Å²) in [7, 11) is 0. The van der Waals surface area contributed by atoms with Gasteiger partial charge in [0.15, 0.2) is 0 Å². The van der Waals surface area contributed by atoms with Gasteiger partial charge in [0.2, 0.25) is 5.91 Å². The van der Waals surface area contributed by atoms with Crippen LogP contribution in [0.15, 0.2) is 54.6 Å². The molecule has 1 fully saturated rings. The summed E-state index contributed by atoms with van der Waals surface area (Å²) in [5.74, 6) is 0.576. The fourth-order valence-corrected chi connectivity index (χ4v) is 3.91. The third-order valence-electron chi connectivity index (χ3n) is 4.10. The van der Waals surface area contributed by atoms with Gasteiger partial charge in [0.1, 0.15) is 0 Å². The van der Waals surface area contributed by atoms with Gasteiger partial charge in [0.05, 0.1) is 23.0 Å². The van der Waals surface area contributed by atoms with Crippen molar-refractivity contribution in [1.82, 2.24) is 0 Å². The normalized spacial score (nSPS) is 18.4. The molecule has 0 bridgehead atoms. The van der Waals surface area contributed by atoms with Crippen LogP contribution in [0.5, 0.6) is 0 Å². The second-order valence-corrected chi connectivity index (χ2v) is 6.92. The number of benzene rings is 2. The van der Waals surface area contributed by atoms with Crippen molar-refractivity contribution in [2.75, 3.05) is 17.2 Å². The zero-order valence-corrected chi connectivity index (χ0v) is 13.9. The molecule has 2 atom stereocenters. The monoisotopic (exact) mass is 338 g/mol. The highest BCUT2D eigenvalue weighted by Gasteiger charge is 2.33. The van der Waals surface area contributed by atoms with Crippen molar-refractivity contribution in [3.63, 3.8) is 0 Å². The zero-order valence-electron chi connectivity index (χ0n) is 13.1. The lowest BCUT2D eigenvalue weighted by Crippen LogP contribution is -2.28. The highest BCUT2D eigenvalue weighted by Crippen LogP contribution is 2.31. The SMILES string of the molecule is N#Cc1ccc(N2CC[C@H](SC[C@@H](O)c3ccccc3)C2=O)cc1. The summed E-state index contributed by atoms with van der Waals surface area (Å²) < 4.78 is 0. The second kappa shape index (κ2) is 7.52. The van der Waals surface area contributed by atoms with Gasteiger partial charge in [0, 0.05) is 18.0 Å². The standard InChI is InChI=1S/C19H18N2O2S/c20-12-14-6-8-16(9-7-14)21-11-10-18(19(21)23)24-13-17(22)15-4-2-1-3-5-15/h1-9,17-18,22H,10-11,13H2/t17-,18+/m1/s1. The lowest BCUT2D eigenvalue weighted by atomic mass is 10.1. The van der Waals surface area contributed by atoms with Crippen LogP contribution in [0.25, 0.3) is 0 Å². The molecule has 1 aliphatic rings. The minimum Gasteiger partial charge on any atom is -0.388 e. The summed E-state index contributed by atoms with van der Waals surface area (Å²) in [6, 6.07) is 18.6. The van der Waals surface area contributed by atoms with Crippen molar-refractivity contribution in [2.45, 2.75) is 17.8 Å². The summed E-state index contributed by atoms with van der Waals surface area (Å²) >= 11 is 1.51. The van der Waals surface area contributed by atoms with Crippen molar-refractivity contribution in [2.24, 2.45) is 0 Å². The molecule has 0 unspecified atom stereocenters. The van der Waals surface area contributed by atoms with E-state index in [1.165, 1.54) is 11.8 Å².